The zero-order chi connectivity index (χ0) is 14.5. The molecule has 0 atom stereocenters. The van der Waals surface area contributed by atoms with Gasteiger partial charge in [-0.2, -0.15) is 15.0 Å². The minimum atomic E-state index is 0.215. The van der Waals surface area contributed by atoms with Crippen molar-refractivity contribution in [2.75, 3.05) is 33.7 Å². The summed E-state index contributed by atoms with van der Waals surface area (Å²) in [5, 5.41) is 2.86. The van der Waals surface area contributed by atoms with E-state index in [1.807, 2.05) is 18.2 Å². The molecule has 0 radical (unpaired) electrons. The molecule has 7 heteroatoms. The van der Waals surface area contributed by atoms with E-state index >= 15 is 0 Å². The van der Waals surface area contributed by atoms with Crippen LogP contribution in [-0.2, 0) is 0 Å². The lowest BCUT2D eigenvalue weighted by Crippen LogP contribution is -2.04. The summed E-state index contributed by atoms with van der Waals surface area (Å²) in [7, 11) is 6.38. The van der Waals surface area contributed by atoms with Gasteiger partial charge in [-0.25, -0.2) is 0 Å². The number of hydrogen-bond acceptors (Lipinski definition) is 7. The second-order valence-corrected chi connectivity index (χ2v) is 3.76. The first-order chi connectivity index (χ1) is 9.73. The Hall–Kier alpha value is -2.57. The highest BCUT2D eigenvalue weighted by Crippen LogP contribution is 2.36. The van der Waals surface area contributed by atoms with Crippen LogP contribution in [0.5, 0.6) is 17.5 Å². The van der Waals surface area contributed by atoms with Gasteiger partial charge < -0.3 is 19.5 Å². The zero-order valence-corrected chi connectivity index (χ0v) is 11.8. The fourth-order valence-electron chi connectivity index (χ4n) is 1.74. The number of hydrogen-bond donors (Lipinski definition) is 1. The van der Waals surface area contributed by atoms with Crippen molar-refractivity contribution < 1.29 is 14.2 Å². The van der Waals surface area contributed by atoms with Crippen molar-refractivity contribution in [1.82, 2.24) is 15.0 Å². The Labute approximate surface area is 116 Å². The summed E-state index contributed by atoms with van der Waals surface area (Å²) in [6, 6.07) is 5.67. The minimum absolute atomic E-state index is 0.215. The van der Waals surface area contributed by atoms with Crippen LogP contribution in [0.3, 0.4) is 0 Å². The molecule has 1 N–H and O–H groups in total. The molecule has 2 aromatic rings. The summed E-state index contributed by atoms with van der Waals surface area (Å²) >= 11 is 0. The van der Waals surface area contributed by atoms with Crippen molar-refractivity contribution in [3.05, 3.63) is 18.2 Å². The number of anilines is 1. The fourth-order valence-corrected chi connectivity index (χ4v) is 1.74. The summed E-state index contributed by atoms with van der Waals surface area (Å²) in [6.45, 7) is 0. The molecule has 20 heavy (non-hydrogen) atoms. The summed E-state index contributed by atoms with van der Waals surface area (Å²) in [5.74, 6) is 2.04. The number of benzene rings is 1. The molecular formula is C13H16N4O3. The number of rotatable bonds is 5. The third-order valence-electron chi connectivity index (χ3n) is 2.67. The Kier molecular flexibility index (Phi) is 4.19. The van der Waals surface area contributed by atoms with E-state index in [1.54, 1.807) is 21.3 Å². The molecule has 1 aromatic heterocycles. The molecule has 106 valence electrons. The van der Waals surface area contributed by atoms with Crippen molar-refractivity contribution >= 4 is 5.95 Å². The molecule has 0 saturated carbocycles. The highest BCUT2D eigenvalue weighted by molar-refractivity contribution is 5.72. The number of aromatic nitrogens is 3. The summed E-state index contributed by atoms with van der Waals surface area (Å²) < 4.78 is 15.8. The predicted octanol–water partition coefficient (Wildman–Crippen LogP) is 1.61. The third kappa shape index (κ3) is 2.56. The Balaban J connectivity index is 2.66. The van der Waals surface area contributed by atoms with E-state index in [9.17, 15) is 0 Å². The van der Waals surface area contributed by atoms with Gasteiger partial charge in [0.05, 0.1) is 21.3 Å². The second-order valence-electron chi connectivity index (χ2n) is 3.76. The van der Waals surface area contributed by atoms with Crippen LogP contribution in [0, 0.1) is 0 Å². The van der Waals surface area contributed by atoms with Gasteiger partial charge in [0.15, 0.2) is 5.82 Å². The zero-order valence-electron chi connectivity index (χ0n) is 11.8. The third-order valence-corrected chi connectivity index (χ3v) is 2.67. The van der Waals surface area contributed by atoms with Crippen LogP contribution < -0.4 is 19.5 Å². The molecule has 1 aromatic carbocycles. The maximum Gasteiger partial charge on any atom is 0.321 e. The second kappa shape index (κ2) is 6.05. The van der Waals surface area contributed by atoms with E-state index in [0.29, 0.717) is 28.8 Å². The maximum atomic E-state index is 5.35. The molecule has 0 fully saturated rings. The van der Waals surface area contributed by atoms with E-state index in [-0.39, 0.29) is 6.01 Å². The molecular weight excluding hydrogens is 260 g/mol. The average Bonchev–Trinajstić information content (AvgIpc) is 2.53. The largest absolute Gasteiger partial charge is 0.496 e. The molecule has 0 amide bonds. The van der Waals surface area contributed by atoms with Crippen LogP contribution in [0.15, 0.2) is 18.2 Å². The topological polar surface area (TPSA) is 78.4 Å². The first-order valence-electron chi connectivity index (χ1n) is 5.92. The maximum absolute atomic E-state index is 5.35. The van der Waals surface area contributed by atoms with Crippen molar-refractivity contribution in [3.63, 3.8) is 0 Å². The van der Waals surface area contributed by atoms with Crippen LogP contribution in [0.4, 0.5) is 5.95 Å². The van der Waals surface area contributed by atoms with Crippen LogP contribution in [0.2, 0.25) is 0 Å². The van der Waals surface area contributed by atoms with Gasteiger partial charge in [0, 0.05) is 7.05 Å². The number of ether oxygens (including phenoxy) is 3. The summed E-state index contributed by atoms with van der Waals surface area (Å²) in [5.41, 5.74) is 0.648. The van der Waals surface area contributed by atoms with E-state index in [0.717, 1.165) is 0 Å². The number of nitrogens with one attached hydrogen (secondary N) is 1. The number of methoxy groups -OCH3 is 3. The highest BCUT2D eigenvalue weighted by atomic mass is 16.5. The van der Waals surface area contributed by atoms with E-state index in [1.165, 1.54) is 7.11 Å². The first-order valence-corrected chi connectivity index (χ1v) is 5.92. The van der Waals surface area contributed by atoms with Crippen molar-refractivity contribution in [2.45, 2.75) is 0 Å². The summed E-state index contributed by atoms with van der Waals surface area (Å²) in [4.78, 5) is 12.6. The van der Waals surface area contributed by atoms with Gasteiger partial charge in [-0.3, -0.25) is 0 Å². The van der Waals surface area contributed by atoms with Gasteiger partial charge in [-0.15, -0.1) is 0 Å². The number of nitrogens with zero attached hydrogens (tertiary/aromatic N) is 3. The SMILES string of the molecule is CNc1nc(OC)nc(-c2c(OC)cccc2OC)n1. The molecule has 7 nitrogen and oxygen atoms in total. The van der Waals surface area contributed by atoms with Crippen molar-refractivity contribution in [2.24, 2.45) is 0 Å². The van der Waals surface area contributed by atoms with E-state index < -0.39 is 0 Å². The molecule has 0 aliphatic heterocycles. The lowest BCUT2D eigenvalue weighted by atomic mass is 10.1. The quantitative estimate of drug-likeness (QED) is 0.888. The van der Waals surface area contributed by atoms with Gasteiger partial charge in [0.1, 0.15) is 17.1 Å². The standard InChI is InChI=1S/C13H16N4O3/c1-14-12-15-11(16-13(17-12)20-4)10-8(18-2)6-5-7-9(10)19-3/h5-7H,1-4H3,(H,14,15,16,17). The molecule has 0 unspecified atom stereocenters. The lowest BCUT2D eigenvalue weighted by Gasteiger charge is -2.12. The smallest absolute Gasteiger partial charge is 0.321 e. The fraction of sp³-hybridized carbons (Fsp3) is 0.308. The molecule has 0 saturated heterocycles. The van der Waals surface area contributed by atoms with Gasteiger partial charge >= 0.3 is 6.01 Å². The van der Waals surface area contributed by atoms with Crippen LogP contribution in [-0.4, -0.2) is 43.3 Å². The molecule has 0 spiro atoms. The molecule has 0 aliphatic rings. The molecule has 0 aliphatic carbocycles. The average molecular weight is 276 g/mol. The Morgan fingerprint density at radius 2 is 1.55 bits per heavy atom. The first kappa shape index (κ1) is 13.9. The summed E-state index contributed by atoms with van der Waals surface area (Å²) in [6.07, 6.45) is 0. The van der Waals surface area contributed by atoms with Gasteiger partial charge in [-0.1, -0.05) is 6.07 Å². The lowest BCUT2D eigenvalue weighted by molar-refractivity contribution is 0.378. The monoisotopic (exact) mass is 276 g/mol. The Morgan fingerprint density at radius 3 is 2.05 bits per heavy atom. The molecule has 1 heterocycles. The van der Waals surface area contributed by atoms with Gasteiger partial charge in [-0.05, 0) is 12.1 Å². The Morgan fingerprint density at radius 1 is 0.900 bits per heavy atom. The minimum Gasteiger partial charge on any atom is -0.496 e. The van der Waals surface area contributed by atoms with Crippen molar-refractivity contribution in [1.29, 1.82) is 0 Å². The van der Waals surface area contributed by atoms with Crippen LogP contribution >= 0.6 is 0 Å². The van der Waals surface area contributed by atoms with Crippen LogP contribution in [0.25, 0.3) is 11.4 Å². The highest BCUT2D eigenvalue weighted by Gasteiger charge is 2.17. The van der Waals surface area contributed by atoms with Crippen molar-refractivity contribution in [3.8, 4) is 28.9 Å². The molecule has 2 rings (SSSR count). The van der Waals surface area contributed by atoms with Gasteiger partial charge in [0.2, 0.25) is 5.95 Å². The Bertz CT molecular complexity index is 560. The normalized spacial score (nSPS) is 10.0. The van der Waals surface area contributed by atoms with Gasteiger partial charge in [0.25, 0.3) is 0 Å². The predicted molar refractivity (Wildman–Crippen MR) is 74.5 cm³/mol. The van der Waals surface area contributed by atoms with E-state index in [2.05, 4.69) is 20.3 Å². The molecule has 0 bridgehead atoms. The van der Waals surface area contributed by atoms with Crippen LogP contribution in [0.1, 0.15) is 0 Å². The van der Waals surface area contributed by atoms with E-state index in [4.69, 9.17) is 14.2 Å².